The van der Waals surface area contributed by atoms with E-state index in [9.17, 15) is 9.50 Å². The Morgan fingerprint density at radius 2 is 2.00 bits per heavy atom. The lowest BCUT2D eigenvalue weighted by molar-refractivity contribution is 0.174. The zero-order valence-electron chi connectivity index (χ0n) is 11.1. The Kier molecular flexibility index (Phi) is 5.12. The molecule has 1 atom stereocenters. The number of hydrogen-bond donors (Lipinski definition) is 1. The zero-order valence-corrected chi connectivity index (χ0v) is 11.9. The Bertz CT molecular complexity index is 566. The van der Waals surface area contributed by atoms with Gasteiger partial charge in [-0.1, -0.05) is 41.9 Å². The Labute approximate surface area is 122 Å². The zero-order chi connectivity index (χ0) is 14.5. The van der Waals surface area contributed by atoms with E-state index in [1.807, 2.05) is 18.2 Å². The molecule has 106 valence electrons. The highest BCUT2D eigenvalue weighted by molar-refractivity contribution is 6.31. The molecule has 0 bridgehead atoms. The van der Waals surface area contributed by atoms with Crippen molar-refractivity contribution < 1.29 is 14.2 Å². The third-order valence-electron chi connectivity index (χ3n) is 3.11. The van der Waals surface area contributed by atoms with Crippen molar-refractivity contribution in [1.29, 1.82) is 0 Å². The minimum absolute atomic E-state index is 0.141. The molecule has 0 aliphatic rings. The third kappa shape index (κ3) is 3.57. The van der Waals surface area contributed by atoms with Crippen molar-refractivity contribution in [3.8, 4) is 0 Å². The van der Waals surface area contributed by atoms with Crippen LogP contribution in [0.2, 0.25) is 5.02 Å². The Balaban J connectivity index is 2.19. The van der Waals surface area contributed by atoms with Crippen molar-refractivity contribution >= 4 is 11.6 Å². The highest BCUT2D eigenvalue weighted by atomic mass is 35.5. The van der Waals surface area contributed by atoms with Gasteiger partial charge in [-0.15, -0.1) is 0 Å². The maximum Gasteiger partial charge on any atom is 0.127 e. The summed E-state index contributed by atoms with van der Waals surface area (Å²) < 4.78 is 18.8. The Hall–Kier alpha value is -1.42. The fourth-order valence-corrected chi connectivity index (χ4v) is 2.34. The number of halogens is 2. The molecule has 0 aliphatic carbocycles. The second-order valence-electron chi connectivity index (χ2n) is 4.60. The van der Waals surface area contributed by atoms with Gasteiger partial charge in [0.15, 0.2) is 0 Å². The summed E-state index contributed by atoms with van der Waals surface area (Å²) in [6.07, 6.45) is -0.664. The van der Waals surface area contributed by atoms with Gasteiger partial charge in [0.25, 0.3) is 0 Å². The lowest BCUT2D eigenvalue weighted by Gasteiger charge is -2.14. The topological polar surface area (TPSA) is 29.5 Å². The lowest BCUT2D eigenvalue weighted by Crippen LogP contribution is -2.05. The van der Waals surface area contributed by atoms with E-state index in [-0.39, 0.29) is 6.42 Å². The van der Waals surface area contributed by atoms with Gasteiger partial charge < -0.3 is 9.84 Å². The van der Waals surface area contributed by atoms with Gasteiger partial charge in [0.2, 0.25) is 0 Å². The number of aliphatic hydroxyl groups excluding tert-OH is 1. The number of ether oxygens (including phenoxy) is 1. The normalized spacial score (nSPS) is 12.4. The van der Waals surface area contributed by atoms with Crippen molar-refractivity contribution in [2.45, 2.75) is 19.1 Å². The summed E-state index contributed by atoms with van der Waals surface area (Å²) in [5, 5.41) is 10.6. The fraction of sp³-hybridized carbons (Fsp3) is 0.250. The first-order valence-electron chi connectivity index (χ1n) is 6.30. The summed E-state index contributed by atoms with van der Waals surface area (Å²) in [6, 6.07) is 11.9. The molecule has 0 heterocycles. The van der Waals surface area contributed by atoms with Crippen molar-refractivity contribution in [2.24, 2.45) is 0 Å². The van der Waals surface area contributed by atoms with Crippen LogP contribution in [-0.4, -0.2) is 12.2 Å². The van der Waals surface area contributed by atoms with Crippen LogP contribution in [0, 0.1) is 5.82 Å². The van der Waals surface area contributed by atoms with Gasteiger partial charge >= 0.3 is 0 Å². The standard InChI is InChI=1S/C16H16ClFO2/c1-20-10-11-4-2-5-12(8-11)16(19)9-13-14(17)6-3-7-15(13)18/h2-8,16,19H,9-10H2,1H3. The van der Waals surface area contributed by atoms with Crippen LogP contribution in [0.25, 0.3) is 0 Å². The van der Waals surface area contributed by atoms with Crippen LogP contribution in [0.15, 0.2) is 42.5 Å². The van der Waals surface area contributed by atoms with Crippen molar-refractivity contribution in [3.63, 3.8) is 0 Å². The molecule has 2 nitrogen and oxygen atoms in total. The number of hydrogen-bond acceptors (Lipinski definition) is 2. The highest BCUT2D eigenvalue weighted by Gasteiger charge is 2.14. The number of rotatable bonds is 5. The molecule has 1 N–H and O–H groups in total. The van der Waals surface area contributed by atoms with Crippen LogP contribution in [0.1, 0.15) is 22.8 Å². The van der Waals surface area contributed by atoms with Gasteiger partial charge in [0.1, 0.15) is 5.82 Å². The Morgan fingerprint density at radius 1 is 1.25 bits per heavy atom. The van der Waals surface area contributed by atoms with E-state index in [2.05, 4.69) is 0 Å². The Morgan fingerprint density at radius 3 is 2.70 bits per heavy atom. The highest BCUT2D eigenvalue weighted by Crippen LogP contribution is 2.26. The molecule has 0 aliphatic heterocycles. The van der Waals surface area contributed by atoms with Gasteiger partial charge in [-0.2, -0.15) is 0 Å². The predicted octanol–water partition coefficient (Wildman–Crippen LogP) is 3.90. The molecular weight excluding hydrogens is 279 g/mol. The minimum Gasteiger partial charge on any atom is -0.388 e. The molecule has 0 spiro atoms. The molecule has 2 aromatic rings. The molecule has 0 fully saturated rings. The van der Waals surface area contributed by atoms with E-state index >= 15 is 0 Å². The molecule has 1 unspecified atom stereocenters. The molecule has 2 rings (SSSR count). The monoisotopic (exact) mass is 294 g/mol. The van der Waals surface area contributed by atoms with E-state index in [1.165, 1.54) is 6.07 Å². The minimum atomic E-state index is -0.804. The van der Waals surface area contributed by atoms with Crippen LogP contribution in [0.3, 0.4) is 0 Å². The summed E-state index contributed by atoms with van der Waals surface area (Å²) in [7, 11) is 1.61. The number of benzene rings is 2. The first-order chi connectivity index (χ1) is 9.61. The van der Waals surface area contributed by atoms with E-state index < -0.39 is 11.9 Å². The molecule has 0 amide bonds. The second-order valence-corrected chi connectivity index (χ2v) is 5.01. The van der Waals surface area contributed by atoms with Gasteiger partial charge in [-0.25, -0.2) is 4.39 Å². The quantitative estimate of drug-likeness (QED) is 0.906. The van der Waals surface area contributed by atoms with Crippen molar-refractivity contribution in [1.82, 2.24) is 0 Å². The molecule has 20 heavy (non-hydrogen) atoms. The van der Waals surface area contributed by atoms with Gasteiger partial charge in [0.05, 0.1) is 12.7 Å². The molecule has 0 radical (unpaired) electrons. The van der Waals surface area contributed by atoms with Crippen LogP contribution >= 0.6 is 11.6 Å². The fourth-order valence-electron chi connectivity index (χ4n) is 2.10. The first-order valence-corrected chi connectivity index (χ1v) is 6.68. The number of aliphatic hydroxyl groups is 1. The summed E-state index contributed by atoms with van der Waals surface area (Å²) in [5.74, 6) is -0.399. The van der Waals surface area contributed by atoms with Crippen molar-refractivity contribution in [2.75, 3.05) is 7.11 Å². The average Bonchev–Trinajstić information content (AvgIpc) is 2.43. The second kappa shape index (κ2) is 6.84. The molecule has 0 aromatic heterocycles. The molecular formula is C16H16ClFO2. The summed E-state index contributed by atoms with van der Waals surface area (Å²) in [6.45, 7) is 0.473. The van der Waals surface area contributed by atoms with E-state index in [4.69, 9.17) is 16.3 Å². The predicted molar refractivity (Wildman–Crippen MR) is 77.2 cm³/mol. The maximum atomic E-state index is 13.7. The first kappa shape index (κ1) is 15.0. The van der Waals surface area contributed by atoms with E-state index in [1.54, 1.807) is 25.3 Å². The summed E-state index contributed by atoms with van der Waals surface area (Å²) >= 11 is 5.97. The van der Waals surface area contributed by atoms with E-state index in [0.29, 0.717) is 17.2 Å². The average molecular weight is 295 g/mol. The van der Waals surface area contributed by atoms with E-state index in [0.717, 1.165) is 11.1 Å². The van der Waals surface area contributed by atoms with Gasteiger partial charge in [-0.05, 0) is 23.3 Å². The van der Waals surface area contributed by atoms with Crippen LogP contribution in [0.4, 0.5) is 4.39 Å². The smallest absolute Gasteiger partial charge is 0.127 e. The van der Waals surface area contributed by atoms with Gasteiger partial charge in [0, 0.05) is 24.1 Å². The molecule has 0 saturated heterocycles. The van der Waals surface area contributed by atoms with Crippen LogP contribution in [0.5, 0.6) is 0 Å². The molecule has 4 heteroatoms. The van der Waals surface area contributed by atoms with Crippen LogP contribution < -0.4 is 0 Å². The molecule has 2 aromatic carbocycles. The maximum absolute atomic E-state index is 13.7. The molecule has 0 saturated carbocycles. The number of methoxy groups -OCH3 is 1. The van der Waals surface area contributed by atoms with Crippen LogP contribution in [-0.2, 0) is 17.8 Å². The van der Waals surface area contributed by atoms with Gasteiger partial charge in [-0.3, -0.25) is 0 Å². The largest absolute Gasteiger partial charge is 0.388 e. The van der Waals surface area contributed by atoms with Crippen molar-refractivity contribution in [3.05, 3.63) is 70.0 Å². The summed E-state index contributed by atoms with van der Waals surface area (Å²) in [4.78, 5) is 0. The lowest BCUT2D eigenvalue weighted by atomic mass is 9.99. The SMILES string of the molecule is COCc1cccc(C(O)Cc2c(F)cccc2Cl)c1. The third-order valence-corrected chi connectivity index (χ3v) is 3.46. The summed E-state index contributed by atoms with van der Waals surface area (Å²) in [5.41, 5.74) is 2.02.